The molecule has 0 radical (unpaired) electrons. The van der Waals surface area contributed by atoms with Crippen molar-refractivity contribution >= 4 is 60.3 Å². The van der Waals surface area contributed by atoms with E-state index in [4.69, 9.17) is 4.42 Å². The number of furan rings is 1. The highest BCUT2D eigenvalue weighted by Crippen LogP contribution is 2.49. The molecule has 8 aromatic rings. The van der Waals surface area contributed by atoms with Crippen molar-refractivity contribution in [2.75, 3.05) is 0 Å². The lowest BCUT2D eigenvalue weighted by atomic mass is 9.84. The highest BCUT2D eigenvalue weighted by atomic mass is 19.4. The molecule has 0 aliphatic rings. The van der Waals surface area contributed by atoms with E-state index in [1.54, 1.807) is 73.7 Å². The average molecular weight is 687 g/mol. The SMILES string of the molecule is C=CCc1c(/C=C\C)c(-c2ccc3c(c2)oc2cccc(-c4c5ccccc5c(C(F)(F)F)c5ccccc45)c23)c2ccccc2c1C(F)(F)F. The van der Waals surface area contributed by atoms with Crippen molar-refractivity contribution in [1.29, 1.82) is 0 Å². The van der Waals surface area contributed by atoms with Crippen molar-refractivity contribution in [2.24, 2.45) is 0 Å². The summed E-state index contributed by atoms with van der Waals surface area (Å²) in [5, 5.41) is 3.13. The summed E-state index contributed by atoms with van der Waals surface area (Å²) >= 11 is 0. The van der Waals surface area contributed by atoms with Gasteiger partial charge in [-0.25, -0.2) is 0 Å². The number of hydrogen-bond donors (Lipinski definition) is 0. The van der Waals surface area contributed by atoms with Crippen molar-refractivity contribution in [2.45, 2.75) is 25.7 Å². The minimum absolute atomic E-state index is 0.0115. The first-order chi connectivity index (χ1) is 24.5. The third kappa shape index (κ3) is 5.10. The third-order valence-corrected chi connectivity index (χ3v) is 9.60. The van der Waals surface area contributed by atoms with Gasteiger partial charge in [0.05, 0.1) is 11.1 Å². The smallest absolute Gasteiger partial charge is 0.417 e. The van der Waals surface area contributed by atoms with Gasteiger partial charge in [0.1, 0.15) is 11.2 Å². The van der Waals surface area contributed by atoms with Gasteiger partial charge in [0.15, 0.2) is 0 Å². The van der Waals surface area contributed by atoms with Crippen molar-refractivity contribution in [3.05, 3.63) is 150 Å². The summed E-state index contributed by atoms with van der Waals surface area (Å²) in [5.41, 5.74) is 2.92. The van der Waals surface area contributed by atoms with Crippen LogP contribution < -0.4 is 0 Å². The molecule has 7 aromatic carbocycles. The number of allylic oxidation sites excluding steroid dienone is 2. The number of alkyl halides is 6. The summed E-state index contributed by atoms with van der Waals surface area (Å²) < 4.78 is 94.4. The van der Waals surface area contributed by atoms with Crippen LogP contribution in [-0.2, 0) is 18.8 Å². The molecular weight excluding hydrogens is 658 g/mol. The summed E-state index contributed by atoms with van der Waals surface area (Å²) in [4.78, 5) is 0. The minimum Gasteiger partial charge on any atom is -0.456 e. The van der Waals surface area contributed by atoms with E-state index in [9.17, 15) is 26.3 Å². The number of rotatable bonds is 5. The molecule has 0 spiro atoms. The Bertz CT molecular complexity index is 2670. The Balaban J connectivity index is 1.44. The molecule has 1 nitrogen and oxygen atoms in total. The molecule has 252 valence electrons. The number of benzene rings is 7. The predicted octanol–water partition coefficient (Wildman–Crippen LogP) is 14.2. The fourth-order valence-corrected chi connectivity index (χ4v) is 7.77. The topological polar surface area (TPSA) is 13.1 Å². The predicted molar refractivity (Wildman–Crippen MR) is 196 cm³/mol. The van der Waals surface area contributed by atoms with E-state index in [-0.39, 0.29) is 28.1 Å². The second-order valence-electron chi connectivity index (χ2n) is 12.5. The Morgan fingerprint density at radius 2 is 1.14 bits per heavy atom. The van der Waals surface area contributed by atoms with Crippen LogP contribution in [0.2, 0.25) is 0 Å². The third-order valence-electron chi connectivity index (χ3n) is 9.60. The van der Waals surface area contributed by atoms with Crippen LogP contribution in [0.25, 0.3) is 82.6 Å². The second-order valence-corrected chi connectivity index (χ2v) is 12.5. The molecule has 0 aliphatic heterocycles. The molecule has 0 fully saturated rings. The molecule has 0 atom stereocenters. The molecule has 1 heterocycles. The standard InChI is InChI=1S/C44H28F6O/c1-3-12-26-30(13-4-2)41(43(45,46)47)31-17-8-5-14-27(31)38(26)25-22-23-34-37(24-25)51-36-21-11-20-35(40(34)36)39-28-15-6-9-18-32(28)42(44(48,49)50)33-19-10-7-16-29(33)39/h3-12,14-24H,2,13H2,1H3/b12-3-. The maximum absolute atomic E-state index is 14.7. The molecule has 51 heavy (non-hydrogen) atoms. The Morgan fingerprint density at radius 3 is 1.69 bits per heavy atom. The molecule has 0 aliphatic carbocycles. The summed E-state index contributed by atoms with van der Waals surface area (Å²) in [6.07, 6.45) is -4.25. The molecule has 7 heteroatoms. The van der Waals surface area contributed by atoms with Crippen LogP contribution >= 0.6 is 0 Å². The molecular formula is C44H28F6O. The molecule has 1 aromatic heterocycles. The fourth-order valence-electron chi connectivity index (χ4n) is 7.77. The van der Waals surface area contributed by atoms with Gasteiger partial charge < -0.3 is 4.42 Å². The van der Waals surface area contributed by atoms with Gasteiger partial charge in [-0.2, -0.15) is 26.3 Å². The first-order valence-electron chi connectivity index (χ1n) is 16.4. The van der Waals surface area contributed by atoms with Crippen LogP contribution in [0.1, 0.15) is 29.2 Å². The van der Waals surface area contributed by atoms with E-state index >= 15 is 0 Å². The molecule has 0 saturated carbocycles. The molecule has 0 amide bonds. The van der Waals surface area contributed by atoms with Crippen LogP contribution in [0, 0.1) is 0 Å². The normalized spacial score (nSPS) is 12.7. The summed E-state index contributed by atoms with van der Waals surface area (Å²) in [6, 6.07) is 30.8. The van der Waals surface area contributed by atoms with E-state index in [1.165, 1.54) is 24.3 Å². The summed E-state index contributed by atoms with van der Waals surface area (Å²) in [6.45, 7) is 5.52. The van der Waals surface area contributed by atoms with Gasteiger partial charge in [-0.15, -0.1) is 6.58 Å². The quantitative estimate of drug-likeness (QED) is 0.0998. The largest absolute Gasteiger partial charge is 0.456 e. The van der Waals surface area contributed by atoms with E-state index in [2.05, 4.69) is 6.58 Å². The Labute approximate surface area is 288 Å². The summed E-state index contributed by atoms with van der Waals surface area (Å²) in [5.74, 6) is 0. The zero-order chi connectivity index (χ0) is 35.7. The Kier molecular flexibility index (Phi) is 7.56. The first-order valence-corrected chi connectivity index (χ1v) is 16.4. The Hall–Kier alpha value is -5.82. The molecule has 0 bridgehead atoms. The van der Waals surface area contributed by atoms with E-state index in [1.807, 2.05) is 36.4 Å². The molecule has 0 N–H and O–H groups in total. The Morgan fingerprint density at radius 1 is 0.588 bits per heavy atom. The highest BCUT2D eigenvalue weighted by molar-refractivity contribution is 6.22. The second kappa shape index (κ2) is 11.9. The number of halogens is 6. The lowest BCUT2D eigenvalue weighted by molar-refractivity contribution is -0.137. The van der Waals surface area contributed by atoms with Crippen LogP contribution in [0.4, 0.5) is 26.3 Å². The van der Waals surface area contributed by atoms with Crippen LogP contribution in [0.5, 0.6) is 0 Å². The first kappa shape index (κ1) is 32.4. The van der Waals surface area contributed by atoms with Crippen molar-refractivity contribution in [3.8, 4) is 22.3 Å². The monoisotopic (exact) mass is 686 g/mol. The molecule has 0 saturated heterocycles. The van der Waals surface area contributed by atoms with Gasteiger partial charge in [0.2, 0.25) is 0 Å². The zero-order valence-corrected chi connectivity index (χ0v) is 27.2. The average Bonchev–Trinajstić information content (AvgIpc) is 3.48. The van der Waals surface area contributed by atoms with Crippen LogP contribution in [-0.4, -0.2) is 0 Å². The van der Waals surface area contributed by atoms with Gasteiger partial charge >= 0.3 is 12.4 Å². The van der Waals surface area contributed by atoms with Gasteiger partial charge in [0, 0.05) is 10.8 Å². The maximum Gasteiger partial charge on any atom is 0.417 e. The summed E-state index contributed by atoms with van der Waals surface area (Å²) in [7, 11) is 0. The van der Waals surface area contributed by atoms with Gasteiger partial charge in [-0.05, 0) is 97.2 Å². The highest BCUT2D eigenvalue weighted by Gasteiger charge is 2.38. The van der Waals surface area contributed by atoms with Gasteiger partial charge in [-0.1, -0.05) is 109 Å². The maximum atomic E-state index is 14.7. The minimum atomic E-state index is -4.60. The lowest BCUT2D eigenvalue weighted by Gasteiger charge is -2.22. The molecule has 8 rings (SSSR count). The van der Waals surface area contributed by atoms with Crippen molar-refractivity contribution in [3.63, 3.8) is 0 Å². The van der Waals surface area contributed by atoms with Crippen molar-refractivity contribution in [1.82, 2.24) is 0 Å². The van der Waals surface area contributed by atoms with Crippen LogP contribution in [0.15, 0.2) is 132 Å². The van der Waals surface area contributed by atoms with Gasteiger partial charge in [0.25, 0.3) is 0 Å². The van der Waals surface area contributed by atoms with Gasteiger partial charge in [-0.3, -0.25) is 0 Å². The number of fused-ring (bicyclic) bond motifs is 6. The molecule has 0 unspecified atom stereocenters. The number of hydrogen-bond acceptors (Lipinski definition) is 1. The van der Waals surface area contributed by atoms with E-state index in [0.29, 0.717) is 55.1 Å². The lowest BCUT2D eigenvalue weighted by Crippen LogP contribution is -2.12. The zero-order valence-electron chi connectivity index (χ0n) is 27.2. The van der Waals surface area contributed by atoms with E-state index < -0.39 is 23.5 Å². The fraction of sp³-hybridized carbons (Fsp3) is 0.0909. The van der Waals surface area contributed by atoms with Crippen LogP contribution in [0.3, 0.4) is 0 Å². The van der Waals surface area contributed by atoms with E-state index in [0.717, 1.165) is 10.8 Å². The van der Waals surface area contributed by atoms with Crippen molar-refractivity contribution < 1.29 is 30.8 Å².